The summed E-state index contributed by atoms with van der Waals surface area (Å²) in [5.41, 5.74) is 0.935. The molecule has 0 spiro atoms. The second-order valence-electron chi connectivity index (χ2n) is 7.49. The number of benzene rings is 3. The fraction of sp³-hybridized carbons (Fsp3) is 0.120. The van der Waals surface area contributed by atoms with Crippen molar-refractivity contribution in [3.63, 3.8) is 0 Å². The fourth-order valence-corrected chi connectivity index (χ4v) is 3.76. The van der Waals surface area contributed by atoms with Gasteiger partial charge in [-0.1, -0.05) is 23.7 Å². The van der Waals surface area contributed by atoms with Crippen molar-refractivity contribution in [2.45, 2.75) is 12.7 Å². The highest BCUT2D eigenvalue weighted by atomic mass is 35.5. The highest BCUT2D eigenvalue weighted by Gasteiger charge is 2.32. The summed E-state index contributed by atoms with van der Waals surface area (Å²) in [5.74, 6) is -1.17. The minimum atomic E-state index is -4.61. The minimum absolute atomic E-state index is 0.0536. The first-order valence-electron chi connectivity index (χ1n) is 10.1. The number of halogens is 4. The number of fused-ring (bicyclic) bond motifs is 1. The van der Waals surface area contributed by atoms with Gasteiger partial charge in [0, 0.05) is 23.2 Å². The van der Waals surface area contributed by atoms with E-state index in [-0.39, 0.29) is 12.1 Å². The Morgan fingerprint density at radius 3 is 2.41 bits per heavy atom. The van der Waals surface area contributed by atoms with E-state index in [2.05, 4.69) is 10.1 Å². The van der Waals surface area contributed by atoms with Crippen LogP contribution >= 0.6 is 11.6 Å². The van der Waals surface area contributed by atoms with E-state index in [0.29, 0.717) is 27.4 Å². The minimum Gasteiger partial charge on any atom is -0.465 e. The van der Waals surface area contributed by atoms with Gasteiger partial charge in [0.05, 0.1) is 35.0 Å². The first-order chi connectivity index (χ1) is 16.2. The summed E-state index contributed by atoms with van der Waals surface area (Å²) in [4.78, 5) is 24.6. The highest BCUT2D eigenvalue weighted by Crippen LogP contribution is 2.33. The molecule has 1 N–H and O–H groups in total. The molecule has 0 aliphatic heterocycles. The number of ether oxygens (including phenoxy) is 1. The third-order valence-corrected chi connectivity index (χ3v) is 5.54. The van der Waals surface area contributed by atoms with E-state index >= 15 is 0 Å². The van der Waals surface area contributed by atoms with Crippen molar-refractivity contribution in [2.75, 3.05) is 7.11 Å². The molecule has 4 aromatic rings. The van der Waals surface area contributed by atoms with Crippen LogP contribution in [0, 0.1) is 0 Å². The molecule has 1 heterocycles. The Kier molecular flexibility index (Phi) is 6.34. The molecule has 0 radical (unpaired) electrons. The Morgan fingerprint density at radius 1 is 1.00 bits per heavy atom. The van der Waals surface area contributed by atoms with Gasteiger partial charge in [-0.3, -0.25) is 4.79 Å². The second-order valence-corrected chi connectivity index (χ2v) is 7.93. The number of hydrogen-bond donors (Lipinski definition) is 1. The van der Waals surface area contributed by atoms with Crippen LogP contribution in [-0.4, -0.2) is 23.6 Å². The van der Waals surface area contributed by atoms with Crippen molar-refractivity contribution in [3.8, 4) is 5.69 Å². The van der Waals surface area contributed by atoms with Gasteiger partial charge in [-0.15, -0.1) is 0 Å². The number of hydrogen-bond acceptors (Lipinski definition) is 3. The summed E-state index contributed by atoms with van der Waals surface area (Å²) in [7, 11) is 1.27. The normalized spacial score (nSPS) is 11.4. The molecule has 9 heteroatoms. The molecule has 174 valence electrons. The van der Waals surface area contributed by atoms with Crippen LogP contribution in [0.3, 0.4) is 0 Å². The third-order valence-electron chi connectivity index (χ3n) is 5.31. The van der Waals surface area contributed by atoms with Crippen LogP contribution in [0.5, 0.6) is 0 Å². The van der Waals surface area contributed by atoms with E-state index in [1.54, 1.807) is 59.3 Å². The predicted molar refractivity (Wildman–Crippen MR) is 122 cm³/mol. The molecule has 4 rings (SSSR count). The van der Waals surface area contributed by atoms with E-state index in [4.69, 9.17) is 11.6 Å². The zero-order valence-corrected chi connectivity index (χ0v) is 18.6. The third kappa shape index (κ3) is 4.77. The molecule has 0 bridgehead atoms. The van der Waals surface area contributed by atoms with E-state index in [1.165, 1.54) is 13.2 Å². The van der Waals surface area contributed by atoms with Crippen LogP contribution in [0.1, 0.15) is 31.8 Å². The lowest BCUT2D eigenvalue weighted by Gasteiger charge is -2.15. The Labute approximate surface area is 197 Å². The molecule has 34 heavy (non-hydrogen) atoms. The molecule has 1 aromatic heterocycles. The number of amides is 1. The lowest BCUT2D eigenvalue weighted by Crippen LogP contribution is -2.25. The number of nitrogens with one attached hydrogen (secondary N) is 1. The topological polar surface area (TPSA) is 60.3 Å². The molecule has 0 atom stereocenters. The molecule has 0 fully saturated rings. The van der Waals surface area contributed by atoms with E-state index in [0.717, 1.165) is 17.5 Å². The molecule has 0 saturated heterocycles. The smallest absolute Gasteiger partial charge is 0.416 e. The van der Waals surface area contributed by atoms with Crippen LogP contribution in [0.15, 0.2) is 72.9 Å². The van der Waals surface area contributed by atoms with Crippen LogP contribution in [-0.2, 0) is 17.5 Å². The standard InChI is InChI=1S/C25H18ClF3N2O3/c1-34-24(33)16-4-2-15(3-5-16)14-30-23(32)20-13-18(25(27,28)29)6-8-22(20)31-11-10-17-12-19(26)7-9-21(17)31/h2-13H,14H2,1H3,(H,30,32). The van der Waals surface area contributed by atoms with Gasteiger partial charge in [-0.05, 0) is 60.2 Å². The van der Waals surface area contributed by atoms with Gasteiger partial charge in [0.15, 0.2) is 0 Å². The fourth-order valence-electron chi connectivity index (χ4n) is 3.58. The van der Waals surface area contributed by atoms with Crippen LogP contribution in [0.4, 0.5) is 13.2 Å². The zero-order chi connectivity index (χ0) is 24.5. The van der Waals surface area contributed by atoms with Crippen molar-refractivity contribution >= 4 is 34.4 Å². The van der Waals surface area contributed by atoms with Gasteiger partial charge in [-0.25, -0.2) is 4.79 Å². The predicted octanol–water partition coefficient (Wildman–Crippen LogP) is 6.02. The molecular formula is C25H18ClF3N2O3. The van der Waals surface area contributed by atoms with Gasteiger partial charge in [0.1, 0.15) is 0 Å². The Hall–Kier alpha value is -3.78. The monoisotopic (exact) mass is 486 g/mol. The summed E-state index contributed by atoms with van der Waals surface area (Å²) in [6, 6.07) is 16.3. The van der Waals surface area contributed by atoms with Gasteiger partial charge >= 0.3 is 12.1 Å². The Bertz CT molecular complexity index is 1380. The van der Waals surface area contributed by atoms with Crippen molar-refractivity contribution in [3.05, 3.63) is 100 Å². The lowest BCUT2D eigenvalue weighted by atomic mass is 10.1. The summed E-state index contributed by atoms with van der Waals surface area (Å²) in [6.07, 6.45) is -2.94. The number of carbonyl (C=O) groups is 2. The molecular weight excluding hydrogens is 469 g/mol. The van der Waals surface area contributed by atoms with Crippen LogP contribution in [0.25, 0.3) is 16.6 Å². The van der Waals surface area contributed by atoms with E-state index in [9.17, 15) is 22.8 Å². The Balaban J connectivity index is 1.67. The van der Waals surface area contributed by atoms with Gasteiger partial charge in [0.2, 0.25) is 0 Å². The largest absolute Gasteiger partial charge is 0.465 e. The SMILES string of the molecule is COC(=O)c1ccc(CNC(=O)c2cc(C(F)(F)F)ccc2-n2ccc3cc(Cl)ccc32)cc1. The van der Waals surface area contributed by atoms with Crippen molar-refractivity contribution in [1.29, 1.82) is 0 Å². The number of alkyl halides is 3. The number of esters is 1. The lowest BCUT2D eigenvalue weighted by molar-refractivity contribution is -0.137. The second kappa shape index (κ2) is 9.23. The average molecular weight is 487 g/mol. The van der Waals surface area contributed by atoms with E-state index in [1.807, 2.05) is 0 Å². The zero-order valence-electron chi connectivity index (χ0n) is 17.8. The number of rotatable bonds is 5. The van der Waals surface area contributed by atoms with Gasteiger partial charge in [-0.2, -0.15) is 13.2 Å². The van der Waals surface area contributed by atoms with Crippen molar-refractivity contribution < 1.29 is 27.5 Å². The molecule has 0 saturated carbocycles. The maximum Gasteiger partial charge on any atom is 0.416 e. The number of nitrogens with zero attached hydrogens (tertiary/aromatic N) is 1. The summed E-state index contributed by atoms with van der Waals surface area (Å²) >= 11 is 6.04. The average Bonchev–Trinajstić information content (AvgIpc) is 3.24. The highest BCUT2D eigenvalue weighted by molar-refractivity contribution is 6.31. The number of methoxy groups -OCH3 is 1. The van der Waals surface area contributed by atoms with Crippen molar-refractivity contribution in [2.24, 2.45) is 0 Å². The first-order valence-corrected chi connectivity index (χ1v) is 10.5. The van der Waals surface area contributed by atoms with Crippen LogP contribution in [0.2, 0.25) is 5.02 Å². The van der Waals surface area contributed by atoms with Crippen LogP contribution < -0.4 is 5.32 Å². The number of aromatic nitrogens is 1. The maximum absolute atomic E-state index is 13.4. The quantitative estimate of drug-likeness (QED) is 0.351. The first kappa shape index (κ1) is 23.4. The Morgan fingerprint density at radius 2 is 1.74 bits per heavy atom. The molecule has 0 aliphatic rings. The molecule has 0 aliphatic carbocycles. The van der Waals surface area contributed by atoms with Gasteiger partial charge < -0.3 is 14.6 Å². The van der Waals surface area contributed by atoms with Gasteiger partial charge in [0.25, 0.3) is 5.91 Å². The van der Waals surface area contributed by atoms with Crippen molar-refractivity contribution in [1.82, 2.24) is 9.88 Å². The number of carbonyl (C=O) groups excluding carboxylic acids is 2. The summed E-state index contributed by atoms with van der Waals surface area (Å²) < 4.78 is 46.5. The summed E-state index contributed by atoms with van der Waals surface area (Å²) in [6.45, 7) is 0.0536. The summed E-state index contributed by atoms with van der Waals surface area (Å²) in [5, 5.41) is 3.96. The molecule has 0 unspecified atom stereocenters. The van der Waals surface area contributed by atoms with E-state index < -0.39 is 23.6 Å². The maximum atomic E-state index is 13.4. The molecule has 3 aromatic carbocycles. The molecule has 1 amide bonds. The molecule has 5 nitrogen and oxygen atoms in total.